The van der Waals surface area contributed by atoms with Gasteiger partial charge in [-0.25, -0.2) is 0 Å². The van der Waals surface area contributed by atoms with Gasteiger partial charge in [-0.05, 0) is 26.9 Å². The first-order chi connectivity index (χ1) is 4.22. The number of hydrogen-bond acceptors (Lipinski definition) is 2. The number of nitrogens with zero attached hydrogens (tertiary/aromatic N) is 1. The molecule has 0 aliphatic heterocycles. The van der Waals surface area contributed by atoms with Crippen molar-refractivity contribution in [2.24, 2.45) is 0 Å². The van der Waals surface area contributed by atoms with Crippen molar-refractivity contribution in [1.29, 1.82) is 0 Å². The normalized spacial score (nSPS) is 13.8. The molecule has 0 saturated heterocycles. The van der Waals surface area contributed by atoms with E-state index in [2.05, 4.69) is 6.92 Å². The summed E-state index contributed by atoms with van der Waals surface area (Å²) >= 11 is 0. The van der Waals surface area contributed by atoms with Crippen LogP contribution in [0.5, 0.6) is 0 Å². The lowest BCUT2D eigenvalue weighted by molar-refractivity contribution is -0.111. The average Bonchev–Trinajstić information content (AvgIpc) is 1.87. The van der Waals surface area contributed by atoms with Crippen LogP contribution in [0.4, 0.5) is 0 Å². The van der Waals surface area contributed by atoms with Gasteiger partial charge in [0, 0.05) is 0 Å². The molecule has 54 valence electrons. The molecule has 0 bridgehead atoms. The third-order valence-electron chi connectivity index (χ3n) is 1.47. The number of likely N-dealkylation sites (N-methyl/N-ethyl adjacent to an activating group) is 1. The predicted molar refractivity (Wildman–Crippen MR) is 38.4 cm³/mol. The second kappa shape index (κ2) is 4.50. The Morgan fingerprint density at radius 1 is 1.67 bits per heavy atom. The minimum Gasteiger partial charge on any atom is -0.302 e. The molecule has 0 heterocycles. The van der Waals surface area contributed by atoms with Crippen LogP contribution in [0.1, 0.15) is 20.3 Å². The van der Waals surface area contributed by atoms with Crippen molar-refractivity contribution in [2.45, 2.75) is 26.3 Å². The first-order valence-corrected chi connectivity index (χ1v) is 3.38. The number of hydrogen-bond donors (Lipinski definition) is 0. The van der Waals surface area contributed by atoms with Gasteiger partial charge in [0.2, 0.25) is 0 Å². The lowest BCUT2D eigenvalue weighted by Gasteiger charge is -2.18. The Labute approximate surface area is 56.9 Å². The third kappa shape index (κ3) is 3.25. The van der Waals surface area contributed by atoms with E-state index in [1.165, 1.54) is 0 Å². The fourth-order valence-electron chi connectivity index (χ4n) is 0.660. The highest BCUT2D eigenvalue weighted by molar-refractivity contribution is 5.56. The van der Waals surface area contributed by atoms with Gasteiger partial charge in [-0.1, -0.05) is 6.92 Å². The molecule has 0 aromatic carbocycles. The van der Waals surface area contributed by atoms with Crippen LogP contribution in [0, 0.1) is 0 Å². The van der Waals surface area contributed by atoms with Crippen molar-refractivity contribution >= 4 is 6.29 Å². The molecule has 1 atom stereocenters. The van der Waals surface area contributed by atoms with Gasteiger partial charge >= 0.3 is 0 Å². The van der Waals surface area contributed by atoms with Crippen LogP contribution in [-0.4, -0.2) is 30.8 Å². The molecule has 9 heavy (non-hydrogen) atoms. The van der Waals surface area contributed by atoms with Crippen molar-refractivity contribution in [3.05, 3.63) is 0 Å². The molecule has 0 aromatic rings. The average molecular weight is 129 g/mol. The molecule has 0 aliphatic rings. The summed E-state index contributed by atoms with van der Waals surface area (Å²) in [7, 11) is 1.96. The van der Waals surface area contributed by atoms with Gasteiger partial charge in [-0.3, -0.25) is 4.90 Å². The molecule has 1 unspecified atom stereocenters. The molecule has 0 fully saturated rings. The minimum absolute atomic E-state index is 0.0740. The molecular formula is C7H15NO. The summed E-state index contributed by atoms with van der Waals surface area (Å²) in [5, 5.41) is 0. The van der Waals surface area contributed by atoms with Crippen LogP contribution in [-0.2, 0) is 4.79 Å². The van der Waals surface area contributed by atoms with E-state index in [1.54, 1.807) is 0 Å². The van der Waals surface area contributed by atoms with Crippen LogP contribution < -0.4 is 0 Å². The van der Waals surface area contributed by atoms with Crippen molar-refractivity contribution in [2.75, 3.05) is 13.6 Å². The molecule has 0 rings (SSSR count). The summed E-state index contributed by atoms with van der Waals surface area (Å²) in [6, 6.07) is 0.0740. The van der Waals surface area contributed by atoms with Gasteiger partial charge in [0.25, 0.3) is 0 Å². The lowest BCUT2D eigenvalue weighted by Crippen LogP contribution is -2.30. The SMILES string of the molecule is CCCN(C)C(C)C=O. The van der Waals surface area contributed by atoms with Crippen LogP contribution in [0.15, 0.2) is 0 Å². The molecule has 0 N–H and O–H groups in total. The quantitative estimate of drug-likeness (QED) is 0.526. The van der Waals surface area contributed by atoms with Crippen LogP contribution in [0.25, 0.3) is 0 Å². The number of carbonyl (C=O) groups is 1. The Kier molecular flexibility index (Phi) is 4.32. The summed E-state index contributed by atoms with van der Waals surface area (Å²) in [6.45, 7) is 5.01. The second-order valence-corrected chi connectivity index (χ2v) is 2.36. The van der Waals surface area contributed by atoms with E-state index in [0.29, 0.717) is 0 Å². The van der Waals surface area contributed by atoms with Gasteiger partial charge < -0.3 is 4.79 Å². The predicted octanol–water partition coefficient (Wildman–Crippen LogP) is 0.916. The summed E-state index contributed by atoms with van der Waals surface area (Å²) in [5.74, 6) is 0. The van der Waals surface area contributed by atoms with E-state index in [1.807, 2.05) is 18.9 Å². The minimum atomic E-state index is 0.0740. The van der Waals surface area contributed by atoms with Crippen molar-refractivity contribution in [3.8, 4) is 0 Å². The Hall–Kier alpha value is -0.370. The summed E-state index contributed by atoms with van der Waals surface area (Å²) in [6.07, 6.45) is 2.07. The number of aldehydes is 1. The molecule has 0 amide bonds. The molecule has 0 radical (unpaired) electrons. The fraction of sp³-hybridized carbons (Fsp3) is 0.857. The zero-order valence-corrected chi connectivity index (χ0v) is 6.42. The van der Waals surface area contributed by atoms with Gasteiger partial charge in [-0.15, -0.1) is 0 Å². The molecule has 0 aliphatic carbocycles. The lowest BCUT2D eigenvalue weighted by atomic mass is 10.3. The van der Waals surface area contributed by atoms with Crippen molar-refractivity contribution in [1.82, 2.24) is 4.90 Å². The highest BCUT2D eigenvalue weighted by Crippen LogP contribution is 1.91. The summed E-state index contributed by atoms with van der Waals surface area (Å²) < 4.78 is 0. The summed E-state index contributed by atoms with van der Waals surface area (Å²) in [5.41, 5.74) is 0. The first-order valence-electron chi connectivity index (χ1n) is 3.38. The zero-order chi connectivity index (χ0) is 7.28. The van der Waals surface area contributed by atoms with Crippen LogP contribution >= 0.6 is 0 Å². The maximum atomic E-state index is 10.2. The highest BCUT2D eigenvalue weighted by atomic mass is 16.1. The van der Waals surface area contributed by atoms with Crippen LogP contribution in [0.3, 0.4) is 0 Å². The first kappa shape index (κ1) is 8.63. The Bertz CT molecular complexity index is 83.0. The molecule has 2 heteroatoms. The Balaban J connectivity index is 3.44. The van der Waals surface area contributed by atoms with Gasteiger partial charge in [-0.2, -0.15) is 0 Å². The van der Waals surface area contributed by atoms with E-state index in [4.69, 9.17) is 0 Å². The molecule has 0 aromatic heterocycles. The standard InChI is InChI=1S/C7H15NO/c1-4-5-8(3)7(2)6-9/h6-7H,4-5H2,1-3H3. The van der Waals surface area contributed by atoms with E-state index in [9.17, 15) is 4.79 Å². The molecular weight excluding hydrogens is 114 g/mol. The Morgan fingerprint density at radius 2 is 2.22 bits per heavy atom. The van der Waals surface area contributed by atoms with Gasteiger partial charge in [0.05, 0.1) is 6.04 Å². The van der Waals surface area contributed by atoms with E-state index < -0.39 is 0 Å². The highest BCUT2D eigenvalue weighted by Gasteiger charge is 2.03. The third-order valence-corrected chi connectivity index (χ3v) is 1.47. The molecule has 0 saturated carbocycles. The van der Waals surface area contributed by atoms with Crippen molar-refractivity contribution in [3.63, 3.8) is 0 Å². The number of rotatable bonds is 4. The second-order valence-electron chi connectivity index (χ2n) is 2.36. The maximum Gasteiger partial charge on any atom is 0.136 e. The largest absolute Gasteiger partial charge is 0.302 e. The van der Waals surface area contributed by atoms with E-state index >= 15 is 0 Å². The monoisotopic (exact) mass is 129 g/mol. The van der Waals surface area contributed by atoms with Gasteiger partial charge in [0.1, 0.15) is 6.29 Å². The topological polar surface area (TPSA) is 20.3 Å². The van der Waals surface area contributed by atoms with Crippen LogP contribution in [0.2, 0.25) is 0 Å². The van der Waals surface area contributed by atoms with E-state index in [0.717, 1.165) is 19.3 Å². The smallest absolute Gasteiger partial charge is 0.136 e. The van der Waals surface area contributed by atoms with E-state index in [-0.39, 0.29) is 6.04 Å². The zero-order valence-electron chi connectivity index (χ0n) is 6.42. The fourth-order valence-corrected chi connectivity index (χ4v) is 0.660. The summed E-state index contributed by atoms with van der Waals surface area (Å²) in [4.78, 5) is 12.2. The molecule has 2 nitrogen and oxygen atoms in total. The molecule has 0 spiro atoms. The number of carbonyl (C=O) groups excluding carboxylic acids is 1. The van der Waals surface area contributed by atoms with Crippen molar-refractivity contribution < 1.29 is 4.79 Å². The maximum absolute atomic E-state index is 10.2. The Morgan fingerprint density at radius 3 is 2.56 bits per heavy atom. The van der Waals surface area contributed by atoms with Gasteiger partial charge in [0.15, 0.2) is 0 Å².